The molecule has 14 heavy (non-hydrogen) atoms. The highest BCUT2D eigenvalue weighted by molar-refractivity contribution is 7.98. The van der Waals surface area contributed by atoms with E-state index in [4.69, 9.17) is 0 Å². The SMILES string of the molecule is CSc1ccc(CC(C)C(C)=O)cc1. The standard InChI is InChI=1S/C12H16OS/c1-9(10(2)13)8-11-4-6-12(14-3)7-5-11/h4-7,9H,8H2,1-3H3. The molecule has 0 aliphatic carbocycles. The third kappa shape index (κ3) is 3.18. The van der Waals surface area contributed by atoms with Gasteiger partial charge in [-0.15, -0.1) is 11.8 Å². The zero-order chi connectivity index (χ0) is 10.6. The largest absolute Gasteiger partial charge is 0.300 e. The van der Waals surface area contributed by atoms with Gasteiger partial charge in [-0.2, -0.15) is 0 Å². The first-order valence-electron chi connectivity index (χ1n) is 4.77. The fourth-order valence-electron chi connectivity index (χ4n) is 1.26. The Kier molecular flexibility index (Phi) is 4.21. The molecule has 0 aliphatic rings. The van der Waals surface area contributed by atoms with E-state index in [0.29, 0.717) is 0 Å². The van der Waals surface area contributed by atoms with Crippen LogP contribution in [0.4, 0.5) is 0 Å². The van der Waals surface area contributed by atoms with Crippen LogP contribution >= 0.6 is 11.8 Å². The van der Waals surface area contributed by atoms with E-state index in [-0.39, 0.29) is 11.7 Å². The first-order chi connectivity index (χ1) is 6.63. The zero-order valence-corrected chi connectivity index (χ0v) is 9.73. The third-order valence-electron chi connectivity index (χ3n) is 2.39. The van der Waals surface area contributed by atoms with Gasteiger partial charge in [-0.1, -0.05) is 19.1 Å². The van der Waals surface area contributed by atoms with Crippen molar-refractivity contribution in [3.8, 4) is 0 Å². The highest BCUT2D eigenvalue weighted by atomic mass is 32.2. The summed E-state index contributed by atoms with van der Waals surface area (Å²) in [6.07, 6.45) is 2.91. The molecule has 0 radical (unpaired) electrons. The van der Waals surface area contributed by atoms with Gasteiger partial charge in [0, 0.05) is 10.8 Å². The molecule has 0 aliphatic heterocycles. The summed E-state index contributed by atoms with van der Waals surface area (Å²) in [5, 5.41) is 0. The second-order valence-electron chi connectivity index (χ2n) is 3.56. The predicted molar refractivity (Wildman–Crippen MR) is 61.8 cm³/mol. The molecule has 76 valence electrons. The van der Waals surface area contributed by atoms with Crippen LogP contribution in [0.2, 0.25) is 0 Å². The maximum Gasteiger partial charge on any atom is 0.132 e. The van der Waals surface area contributed by atoms with Crippen LogP contribution in [0, 0.1) is 5.92 Å². The third-order valence-corrected chi connectivity index (χ3v) is 3.14. The van der Waals surface area contributed by atoms with Gasteiger partial charge in [-0.3, -0.25) is 4.79 Å². The van der Waals surface area contributed by atoms with Crippen molar-refractivity contribution in [3.63, 3.8) is 0 Å². The zero-order valence-electron chi connectivity index (χ0n) is 8.91. The average Bonchev–Trinajstić information content (AvgIpc) is 2.19. The smallest absolute Gasteiger partial charge is 0.132 e. The van der Waals surface area contributed by atoms with Gasteiger partial charge in [0.05, 0.1) is 0 Å². The van der Waals surface area contributed by atoms with E-state index in [1.54, 1.807) is 18.7 Å². The highest BCUT2D eigenvalue weighted by Gasteiger charge is 2.07. The van der Waals surface area contributed by atoms with Crippen molar-refractivity contribution in [2.24, 2.45) is 5.92 Å². The molecule has 0 spiro atoms. The Labute approximate surface area is 89.9 Å². The van der Waals surface area contributed by atoms with Crippen molar-refractivity contribution in [3.05, 3.63) is 29.8 Å². The maximum absolute atomic E-state index is 11.1. The Morgan fingerprint density at radius 2 is 1.93 bits per heavy atom. The molecule has 1 unspecified atom stereocenters. The van der Waals surface area contributed by atoms with Gasteiger partial charge in [0.1, 0.15) is 5.78 Å². The van der Waals surface area contributed by atoms with E-state index in [1.807, 2.05) is 6.92 Å². The molecule has 0 saturated carbocycles. The fraction of sp³-hybridized carbons (Fsp3) is 0.417. The highest BCUT2D eigenvalue weighted by Crippen LogP contribution is 2.16. The number of carbonyl (C=O) groups is 1. The molecule has 0 amide bonds. The average molecular weight is 208 g/mol. The normalized spacial score (nSPS) is 12.5. The van der Waals surface area contributed by atoms with Crippen LogP contribution < -0.4 is 0 Å². The second-order valence-corrected chi connectivity index (χ2v) is 4.44. The van der Waals surface area contributed by atoms with Crippen molar-refractivity contribution >= 4 is 17.5 Å². The van der Waals surface area contributed by atoms with E-state index in [9.17, 15) is 4.79 Å². The molecule has 0 heterocycles. The summed E-state index contributed by atoms with van der Waals surface area (Å²) in [5.74, 6) is 0.397. The Bertz CT molecular complexity index is 303. The summed E-state index contributed by atoms with van der Waals surface area (Å²) >= 11 is 1.74. The fourth-order valence-corrected chi connectivity index (χ4v) is 1.67. The van der Waals surface area contributed by atoms with Gasteiger partial charge in [0.25, 0.3) is 0 Å². The lowest BCUT2D eigenvalue weighted by atomic mass is 9.98. The topological polar surface area (TPSA) is 17.1 Å². The molecule has 1 nitrogen and oxygen atoms in total. The quantitative estimate of drug-likeness (QED) is 0.707. The summed E-state index contributed by atoms with van der Waals surface area (Å²) in [6, 6.07) is 8.41. The molecule has 0 fully saturated rings. The van der Waals surface area contributed by atoms with E-state index in [0.717, 1.165) is 6.42 Å². The molecular weight excluding hydrogens is 192 g/mol. The molecule has 1 atom stereocenters. The van der Waals surface area contributed by atoms with Crippen LogP contribution in [0.25, 0.3) is 0 Å². The van der Waals surface area contributed by atoms with Crippen molar-refractivity contribution in [1.29, 1.82) is 0 Å². The van der Waals surface area contributed by atoms with Crippen LogP contribution in [0.1, 0.15) is 19.4 Å². The molecule has 1 aromatic carbocycles. The summed E-state index contributed by atoms with van der Waals surface area (Å²) in [4.78, 5) is 12.3. The number of Topliss-reactive ketones (excluding diaryl/α,β-unsaturated/α-hetero) is 1. The molecule has 1 aromatic rings. The molecule has 0 aromatic heterocycles. The number of thioether (sulfide) groups is 1. The molecule has 0 saturated heterocycles. The van der Waals surface area contributed by atoms with E-state index < -0.39 is 0 Å². The minimum absolute atomic E-state index is 0.134. The lowest BCUT2D eigenvalue weighted by molar-refractivity contribution is -0.120. The van der Waals surface area contributed by atoms with Crippen molar-refractivity contribution < 1.29 is 4.79 Å². The van der Waals surface area contributed by atoms with Gasteiger partial charge in [0.2, 0.25) is 0 Å². The number of hydrogen-bond donors (Lipinski definition) is 0. The van der Waals surface area contributed by atoms with Gasteiger partial charge >= 0.3 is 0 Å². The van der Waals surface area contributed by atoms with Gasteiger partial charge in [-0.05, 0) is 37.3 Å². The maximum atomic E-state index is 11.1. The van der Waals surface area contributed by atoms with Crippen molar-refractivity contribution in [2.75, 3.05) is 6.26 Å². The summed E-state index contributed by atoms with van der Waals surface area (Å²) in [5.41, 5.74) is 1.24. The lowest BCUT2D eigenvalue weighted by Gasteiger charge is -2.07. The summed E-state index contributed by atoms with van der Waals surface area (Å²) in [7, 11) is 0. The number of rotatable bonds is 4. The van der Waals surface area contributed by atoms with Crippen molar-refractivity contribution in [2.45, 2.75) is 25.2 Å². The van der Waals surface area contributed by atoms with E-state index in [1.165, 1.54) is 10.5 Å². The van der Waals surface area contributed by atoms with Gasteiger partial charge in [-0.25, -0.2) is 0 Å². The van der Waals surface area contributed by atoms with Gasteiger partial charge < -0.3 is 0 Å². The lowest BCUT2D eigenvalue weighted by Crippen LogP contribution is -2.09. The summed E-state index contributed by atoms with van der Waals surface area (Å²) in [6.45, 7) is 3.63. The molecule has 1 rings (SSSR count). The summed E-state index contributed by atoms with van der Waals surface area (Å²) < 4.78 is 0. The number of carbonyl (C=O) groups excluding carboxylic acids is 1. The molecule has 0 N–H and O–H groups in total. The Morgan fingerprint density at radius 3 is 2.36 bits per heavy atom. The first kappa shape index (κ1) is 11.3. The van der Waals surface area contributed by atoms with Crippen LogP contribution in [0.15, 0.2) is 29.2 Å². The minimum Gasteiger partial charge on any atom is -0.300 e. The van der Waals surface area contributed by atoms with Crippen LogP contribution in [-0.4, -0.2) is 12.0 Å². The van der Waals surface area contributed by atoms with Crippen molar-refractivity contribution in [1.82, 2.24) is 0 Å². The van der Waals surface area contributed by atoms with E-state index in [2.05, 4.69) is 30.5 Å². The van der Waals surface area contributed by atoms with Crippen LogP contribution in [0.5, 0.6) is 0 Å². The number of benzene rings is 1. The van der Waals surface area contributed by atoms with Crippen LogP contribution in [-0.2, 0) is 11.2 Å². The van der Waals surface area contributed by atoms with Gasteiger partial charge in [0.15, 0.2) is 0 Å². The Balaban J connectivity index is 2.64. The first-order valence-corrected chi connectivity index (χ1v) is 5.99. The molecule has 0 bridgehead atoms. The Hall–Kier alpha value is -0.760. The predicted octanol–water partition coefficient (Wildman–Crippen LogP) is 3.18. The van der Waals surface area contributed by atoms with E-state index >= 15 is 0 Å². The molecular formula is C12H16OS. The monoisotopic (exact) mass is 208 g/mol. The minimum atomic E-state index is 0.134. The Morgan fingerprint density at radius 1 is 1.36 bits per heavy atom. The van der Waals surface area contributed by atoms with Crippen LogP contribution in [0.3, 0.4) is 0 Å². The number of hydrogen-bond acceptors (Lipinski definition) is 2. The number of ketones is 1. The second kappa shape index (κ2) is 5.20. The molecule has 2 heteroatoms.